The van der Waals surface area contributed by atoms with Crippen molar-refractivity contribution < 1.29 is 19.0 Å². The van der Waals surface area contributed by atoms with Crippen LogP contribution in [0.5, 0.6) is 17.2 Å². The van der Waals surface area contributed by atoms with Crippen molar-refractivity contribution in [1.29, 1.82) is 0 Å². The van der Waals surface area contributed by atoms with E-state index in [2.05, 4.69) is 24.5 Å². The zero-order chi connectivity index (χ0) is 18.9. The molecule has 0 aliphatic rings. The van der Waals surface area contributed by atoms with Crippen LogP contribution in [0.2, 0.25) is 0 Å². The number of amides is 1. The third-order valence-corrected chi connectivity index (χ3v) is 3.58. The van der Waals surface area contributed by atoms with E-state index in [0.29, 0.717) is 29.7 Å². The number of anilines is 2. The summed E-state index contributed by atoms with van der Waals surface area (Å²) in [5.41, 5.74) is 1.34. The molecule has 6 nitrogen and oxygen atoms in total. The normalized spacial score (nSPS) is 10.3. The maximum Gasteiger partial charge on any atom is 0.243 e. The summed E-state index contributed by atoms with van der Waals surface area (Å²) in [7, 11) is 3.13. The molecule has 0 saturated heterocycles. The molecule has 0 aliphatic carbocycles. The van der Waals surface area contributed by atoms with Gasteiger partial charge in [0.2, 0.25) is 5.91 Å². The van der Waals surface area contributed by atoms with Gasteiger partial charge in [-0.2, -0.15) is 0 Å². The molecule has 2 N–H and O–H groups in total. The van der Waals surface area contributed by atoms with Crippen LogP contribution < -0.4 is 24.8 Å². The first-order chi connectivity index (χ1) is 12.5. The maximum absolute atomic E-state index is 12.3. The molecule has 0 saturated carbocycles. The number of hydrogen-bond donors (Lipinski definition) is 2. The Kier molecular flexibility index (Phi) is 7.14. The molecule has 140 valence electrons. The quantitative estimate of drug-likeness (QED) is 0.714. The van der Waals surface area contributed by atoms with Crippen molar-refractivity contribution in [3.8, 4) is 17.2 Å². The minimum Gasteiger partial charge on any atom is -0.497 e. The van der Waals surface area contributed by atoms with E-state index < -0.39 is 0 Å². The SMILES string of the molecule is COc1ccc(OC)c(NC(=O)CNc2ccccc2OCC(C)C)c1. The Morgan fingerprint density at radius 2 is 1.77 bits per heavy atom. The predicted octanol–water partition coefficient (Wildman–Crippen LogP) is 3.79. The molecule has 2 rings (SSSR count). The number of nitrogens with one attached hydrogen (secondary N) is 2. The molecule has 26 heavy (non-hydrogen) atoms. The molecule has 0 fully saturated rings. The summed E-state index contributed by atoms with van der Waals surface area (Å²) in [6, 6.07) is 12.8. The lowest BCUT2D eigenvalue weighted by molar-refractivity contribution is -0.114. The second-order valence-electron chi connectivity index (χ2n) is 6.17. The van der Waals surface area contributed by atoms with E-state index in [0.717, 1.165) is 11.4 Å². The van der Waals surface area contributed by atoms with E-state index in [4.69, 9.17) is 14.2 Å². The molecule has 6 heteroatoms. The van der Waals surface area contributed by atoms with Crippen molar-refractivity contribution in [3.63, 3.8) is 0 Å². The van der Waals surface area contributed by atoms with Gasteiger partial charge in [0.1, 0.15) is 17.2 Å². The van der Waals surface area contributed by atoms with Gasteiger partial charge < -0.3 is 24.8 Å². The highest BCUT2D eigenvalue weighted by Gasteiger charge is 2.10. The Morgan fingerprint density at radius 1 is 1.00 bits per heavy atom. The number of ether oxygens (including phenoxy) is 3. The van der Waals surface area contributed by atoms with E-state index in [1.807, 2.05) is 24.3 Å². The van der Waals surface area contributed by atoms with Crippen LogP contribution in [-0.4, -0.2) is 33.3 Å². The summed E-state index contributed by atoms with van der Waals surface area (Å²) in [5.74, 6) is 2.16. The van der Waals surface area contributed by atoms with E-state index >= 15 is 0 Å². The highest BCUT2D eigenvalue weighted by atomic mass is 16.5. The Hall–Kier alpha value is -2.89. The molecule has 0 aromatic heterocycles. The number of carbonyl (C=O) groups excluding carboxylic acids is 1. The van der Waals surface area contributed by atoms with Crippen LogP contribution in [0.3, 0.4) is 0 Å². The topological polar surface area (TPSA) is 68.8 Å². The number of rotatable bonds is 9. The first-order valence-corrected chi connectivity index (χ1v) is 8.51. The zero-order valence-corrected chi connectivity index (χ0v) is 15.7. The van der Waals surface area contributed by atoms with E-state index in [1.165, 1.54) is 0 Å². The summed E-state index contributed by atoms with van der Waals surface area (Å²) in [6.07, 6.45) is 0. The van der Waals surface area contributed by atoms with E-state index in [-0.39, 0.29) is 12.5 Å². The van der Waals surface area contributed by atoms with Crippen LogP contribution in [0.4, 0.5) is 11.4 Å². The van der Waals surface area contributed by atoms with Gasteiger partial charge in [-0.05, 0) is 30.2 Å². The fraction of sp³-hybridized carbons (Fsp3) is 0.350. The minimum absolute atomic E-state index is 0.0996. The standard InChI is InChI=1S/C20H26N2O4/c1-14(2)13-26-19-8-6-5-7-16(19)21-12-20(23)22-17-11-15(24-3)9-10-18(17)25-4/h5-11,14,21H,12-13H2,1-4H3,(H,22,23). The largest absolute Gasteiger partial charge is 0.497 e. The van der Waals surface area contributed by atoms with Crippen LogP contribution in [0, 0.1) is 5.92 Å². The second-order valence-corrected chi connectivity index (χ2v) is 6.17. The summed E-state index contributed by atoms with van der Waals surface area (Å²) in [6.45, 7) is 4.89. The molecular formula is C20H26N2O4. The molecule has 2 aromatic carbocycles. The summed E-state index contributed by atoms with van der Waals surface area (Å²) < 4.78 is 16.2. The van der Waals surface area contributed by atoms with Crippen LogP contribution in [-0.2, 0) is 4.79 Å². The number of methoxy groups -OCH3 is 2. The lowest BCUT2D eigenvalue weighted by Gasteiger charge is -2.15. The predicted molar refractivity (Wildman–Crippen MR) is 103 cm³/mol. The first kappa shape index (κ1) is 19.4. The van der Waals surface area contributed by atoms with Gasteiger partial charge in [-0.25, -0.2) is 0 Å². The van der Waals surface area contributed by atoms with Crippen LogP contribution in [0.1, 0.15) is 13.8 Å². The van der Waals surface area contributed by atoms with Gasteiger partial charge in [-0.3, -0.25) is 4.79 Å². The van der Waals surface area contributed by atoms with Crippen LogP contribution >= 0.6 is 0 Å². The fourth-order valence-electron chi connectivity index (χ4n) is 2.28. The van der Waals surface area contributed by atoms with Gasteiger partial charge in [0.25, 0.3) is 0 Å². The Morgan fingerprint density at radius 3 is 2.46 bits per heavy atom. The molecule has 0 aliphatic heterocycles. The molecule has 0 heterocycles. The molecule has 0 spiro atoms. The van der Waals surface area contributed by atoms with Crippen molar-refractivity contribution >= 4 is 17.3 Å². The van der Waals surface area contributed by atoms with Crippen molar-refractivity contribution in [3.05, 3.63) is 42.5 Å². The summed E-state index contributed by atoms with van der Waals surface area (Å²) in [4.78, 5) is 12.3. The van der Waals surface area contributed by atoms with E-state index in [9.17, 15) is 4.79 Å². The van der Waals surface area contributed by atoms with Gasteiger partial charge in [0.15, 0.2) is 0 Å². The number of carbonyl (C=O) groups is 1. The van der Waals surface area contributed by atoms with Crippen molar-refractivity contribution in [2.45, 2.75) is 13.8 Å². The van der Waals surface area contributed by atoms with Crippen molar-refractivity contribution in [2.75, 3.05) is 38.0 Å². The summed E-state index contributed by atoms with van der Waals surface area (Å²) in [5, 5.41) is 5.94. The third kappa shape index (κ3) is 5.58. The number of hydrogen-bond acceptors (Lipinski definition) is 5. The average molecular weight is 358 g/mol. The van der Waals surface area contributed by atoms with Crippen LogP contribution in [0.25, 0.3) is 0 Å². The van der Waals surface area contributed by atoms with Gasteiger partial charge in [-0.15, -0.1) is 0 Å². The molecule has 2 aromatic rings. The fourth-order valence-corrected chi connectivity index (χ4v) is 2.28. The van der Waals surface area contributed by atoms with Gasteiger partial charge >= 0.3 is 0 Å². The molecule has 0 atom stereocenters. The number of para-hydroxylation sites is 2. The Labute approximate surface area is 154 Å². The van der Waals surface area contributed by atoms with E-state index in [1.54, 1.807) is 32.4 Å². The molecule has 0 radical (unpaired) electrons. The third-order valence-electron chi connectivity index (χ3n) is 3.58. The highest BCUT2D eigenvalue weighted by Crippen LogP contribution is 2.29. The monoisotopic (exact) mass is 358 g/mol. The van der Waals surface area contributed by atoms with Crippen molar-refractivity contribution in [1.82, 2.24) is 0 Å². The maximum atomic E-state index is 12.3. The first-order valence-electron chi connectivity index (χ1n) is 8.51. The lowest BCUT2D eigenvalue weighted by Crippen LogP contribution is -2.22. The smallest absolute Gasteiger partial charge is 0.243 e. The minimum atomic E-state index is -0.199. The zero-order valence-electron chi connectivity index (χ0n) is 15.7. The Balaban J connectivity index is 1.99. The van der Waals surface area contributed by atoms with Crippen LogP contribution in [0.15, 0.2) is 42.5 Å². The molecule has 1 amide bonds. The summed E-state index contributed by atoms with van der Waals surface area (Å²) >= 11 is 0. The Bertz CT molecular complexity index is 732. The highest BCUT2D eigenvalue weighted by molar-refractivity contribution is 5.95. The number of benzene rings is 2. The molecule has 0 bridgehead atoms. The van der Waals surface area contributed by atoms with Gasteiger partial charge in [0, 0.05) is 6.07 Å². The lowest BCUT2D eigenvalue weighted by atomic mass is 10.2. The van der Waals surface area contributed by atoms with Gasteiger partial charge in [0.05, 0.1) is 38.7 Å². The second kappa shape index (κ2) is 9.56. The van der Waals surface area contributed by atoms with Gasteiger partial charge in [-0.1, -0.05) is 26.0 Å². The molecular weight excluding hydrogens is 332 g/mol. The van der Waals surface area contributed by atoms with Crippen molar-refractivity contribution in [2.24, 2.45) is 5.92 Å². The average Bonchev–Trinajstić information content (AvgIpc) is 2.65. The molecule has 0 unspecified atom stereocenters.